The fourth-order valence-electron chi connectivity index (χ4n) is 9.62. The van der Waals surface area contributed by atoms with Gasteiger partial charge in [-0.05, 0) is 74.3 Å². The molecule has 2 N–H and O–H groups in total. The highest BCUT2D eigenvalue weighted by Crippen LogP contribution is 2.33. The van der Waals surface area contributed by atoms with Crippen LogP contribution in [0.3, 0.4) is 0 Å². The lowest BCUT2D eigenvalue weighted by Crippen LogP contribution is -2.59. The van der Waals surface area contributed by atoms with Crippen LogP contribution in [0.2, 0.25) is 0 Å². The molecule has 8 rings (SSSR count). The Balaban J connectivity index is 0.00000760. The Labute approximate surface area is 428 Å². The summed E-state index contributed by atoms with van der Waals surface area (Å²) in [5, 5.41) is 12.1. The second kappa shape index (κ2) is 25.5. The Morgan fingerprint density at radius 1 is 0.903 bits per heavy atom. The minimum absolute atomic E-state index is 0. The second-order valence-electron chi connectivity index (χ2n) is 18.5. The van der Waals surface area contributed by atoms with Gasteiger partial charge in [0.1, 0.15) is 30.2 Å². The molecule has 4 amide bonds. The number of amides is 4. The van der Waals surface area contributed by atoms with Gasteiger partial charge in [0.25, 0.3) is 17.7 Å². The summed E-state index contributed by atoms with van der Waals surface area (Å²) in [6, 6.07) is 6.50. The molecule has 1 aromatic carbocycles. The fourth-order valence-corrected chi connectivity index (χ4v) is 10.4. The first-order chi connectivity index (χ1) is 34.4. The SMILES string of the molecule is CN[C@@H](C)C(=O)N[C@H](C(=O)N1CCN(C(=O)c2c(C(=O)N(C)CCOCCOCCOc3cc(CN4CCC(Oc5ccnc6ccsc56)CC4)on3)c3cc(F)c(F)cc3n2C)CC1)C1CCCCC1.Cl. The third-order valence-corrected chi connectivity index (χ3v) is 14.8. The molecule has 6 heterocycles. The Kier molecular flexibility index (Phi) is 19.2. The molecule has 2 aliphatic heterocycles. The van der Waals surface area contributed by atoms with Crippen molar-refractivity contribution in [3.05, 3.63) is 70.6 Å². The van der Waals surface area contributed by atoms with Gasteiger partial charge in [-0.2, -0.15) is 0 Å². The van der Waals surface area contributed by atoms with Gasteiger partial charge in [0, 0.05) is 83.6 Å². The van der Waals surface area contributed by atoms with Crippen molar-refractivity contribution in [1.82, 2.24) is 44.9 Å². The molecule has 0 bridgehead atoms. The molecule has 2 saturated heterocycles. The fraction of sp³-hybridized carbons (Fsp3) is 0.560. The minimum Gasteiger partial charge on any atom is -0.489 e. The van der Waals surface area contributed by atoms with Gasteiger partial charge in [0.15, 0.2) is 17.4 Å². The summed E-state index contributed by atoms with van der Waals surface area (Å²) in [5.74, 6) is -1.76. The van der Waals surface area contributed by atoms with Crippen molar-refractivity contribution >= 4 is 68.5 Å². The molecule has 1 saturated carbocycles. The third kappa shape index (κ3) is 13.0. The first-order valence-electron chi connectivity index (χ1n) is 24.6. The zero-order chi connectivity index (χ0) is 50.0. The minimum atomic E-state index is -1.15. The van der Waals surface area contributed by atoms with Crippen LogP contribution in [0.4, 0.5) is 8.78 Å². The quantitative estimate of drug-likeness (QED) is 0.0859. The molecule has 392 valence electrons. The van der Waals surface area contributed by atoms with Gasteiger partial charge in [0.05, 0.1) is 60.3 Å². The smallest absolute Gasteiger partial charge is 0.271 e. The number of aryl methyl sites for hydroxylation is 1. The van der Waals surface area contributed by atoms with E-state index >= 15 is 0 Å². The van der Waals surface area contributed by atoms with Gasteiger partial charge >= 0.3 is 0 Å². The molecule has 22 heteroatoms. The number of piperazine rings is 1. The normalized spacial score (nSPS) is 16.9. The highest BCUT2D eigenvalue weighted by molar-refractivity contribution is 7.17. The van der Waals surface area contributed by atoms with E-state index in [1.54, 1.807) is 61.5 Å². The second-order valence-corrected chi connectivity index (χ2v) is 19.5. The summed E-state index contributed by atoms with van der Waals surface area (Å²) in [5.41, 5.74) is 1.07. The number of thiophene rings is 1. The number of ether oxygens (including phenoxy) is 4. The summed E-state index contributed by atoms with van der Waals surface area (Å²) in [7, 11) is 4.78. The van der Waals surface area contributed by atoms with Crippen LogP contribution in [0.1, 0.15) is 78.5 Å². The van der Waals surface area contributed by atoms with Crippen LogP contribution in [-0.4, -0.2) is 169 Å². The highest BCUT2D eigenvalue weighted by atomic mass is 35.5. The maximum absolute atomic E-state index is 14.8. The van der Waals surface area contributed by atoms with E-state index in [1.165, 1.54) is 9.47 Å². The lowest BCUT2D eigenvalue weighted by Gasteiger charge is -2.39. The molecule has 0 spiro atoms. The zero-order valence-electron chi connectivity index (χ0n) is 41.4. The van der Waals surface area contributed by atoms with Crippen LogP contribution in [0.15, 0.2) is 46.4 Å². The lowest BCUT2D eigenvalue weighted by molar-refractivity contribution is -0.140. The first kappa shape index (κ1) is 54.3. The molecule has 5 aromatic rings. The maximum Gasteiger partial charge on any atom is 0.271 e. The van der Waals surface area contributed by atoms with Crippen LogP contribution in [-0.2, 0) is 32.7 Å². The van der Waals surface area contributed by atoms with Gasteiger partial charge in [-0.15, -0.1) is 23.7 Å². The van der Waals surface area contributed by atoms with E-state index in [0.717, 1.165) is 86.1 Å². The van der Waals surface area contributed by atoms with Crippen molar-refractivity contribution in [2.24, 2.45) is 13.0 Å². The Morgan fingerprint density at radius 2 is 1.60 bits per heavy atom. The van der Waals surface area contributed by atoms with Gasteiger partial charge in [-0.25, -0.2) is 8.78 Å². The number of rotatable bonds is 21. The number of hydrogen-bond donors (Lipinski definition) is 2. The van der Waals surface area contributed by atoms with Crippen LogP contribution in [0.25, 0.3) is 21.1 Å². The van der Waals surface area contributed by atoms with E-state index in [9.17, 15) is 28.0 Å². The number of nitrogens with one attached hydrogen (secondary N) is 2. The molecule has 4 aromatic heterocycles. The molecule has 0 radical (unpaired) electrons. The van der Waals surface area contributed by atoms with E-state index in [2.05, 4.69) is 25.7 Å². The summed E-state index contributed by atoms with van der Waals surface area (Å²) in [4.78, 5) is 66.8. The molecule has 3 fully saturated rings. The van der Waals surface area contributed by atoms with Gasteiger partial charge in [-0.1, -0.05) is 19.3 Å². The average Bonchev–Trinajstić information content (AvgIpc) is 4.13. The molecule has 1 aliphatic carbocycles. The van der Waals surface area contributed by atoms with E-state index < -0.39 is 35.5 Å². The number of carbonyl (C=O) groups excluding carboxylic acids is 4. The van der Waals surface area contributed by atoms with Crippen molar-refractivity contribution in [3.8, 4) is 11.6 Å². The van der Waals surface area contributed by atoms with Crippen LogP contribution < -0.4 is 20.1 Å². The number of piperidine rings is 1. The zero-order valence-corrected chi connectivity index (χ0v) is 43.0. The summed E-state index contributed by atoms with van der Waals surface area (Å²) in [6.07, 6.45) is 8.48. The monoisotopic (exact) mass is 1040 g/mol. The molecule has 3 aliphatic rings. The summed E-state index contributed by atoms with van der Waals surface area (Å²) in [6.45, 7) is 6.13. The van der Waals surface area contributed by atoms with Crippen molar-refractivity contribution in [1.29, 1.82) is 0 Å². The number of benzene rings is 1. The molecule has 2 atom stereocenters. The van der Waals surface area contributed by atoms with Crippen molar-refractivity contribution in [2.45, 2.75) is 76.6 Å². The number of nitrogens with zero attached hydrogens (tertiary/aromatic N) is 7. The molecular formula is C50H66ClF2N9O9S. The number of carbonyl (C=O) groups is 4. The maximum atomic E-state index is 14.8. The number of likely N-dealkylation sites (tertiary alicyclic amines) is 1. The van der Waals surface area contributed by atoms with Crippen LogP contribution in [0.5, 0.6) is 11.6 Å². The predicted octanol–water partition coefficient (Wildman–Crippen LogP) is 5.66. The Morgan fingerprint density at radius 3 is 2.33 bits per heavy atom. The standard InChI is InChI=1S/C50H65F2N9O9S.ClH/c1-32(53-2)47(62)55-44(33-8-6-5-7-9-33)49(64)60-17-19-61(20-18-60)50(65)45-43(36-29-37(51)38(52)30-40(36)58(45)4)48(63)57(3)21-22-66-23-24-67-25-26-68-42-28-35(70-56-42)31-59-15-11-34(12-16-59)69-41-10-14-54-39-13-27-71-46(39)41;/h10,13-14,27-30,32-34,44,53H,5-9,11-12,15-26,31H2,1-4H3,(H,55,62);1H/t32-,44-;/m0./s1. The largest absolute Gasteiger partial charge is 0.489 e. The van der Waals surface area contributed by atoms with Crippen LogP contribution in [0, 0.1) is 17.6 Å². The van der Waals surface area contributed by atoms with Gasteiger partial charge in [-0.3, -0.25) is 29.1 Å². The van der Waals surface area contributed by atoms with Crippen molar-refractivity contribution < 1.29 is 51.4 Å². The predicted molar refractivity (Wildman–Crippen MR) is 269 cm³/mol. The number of pyridine rings is 1. The van der Waals surface area contributed by atoms with E-state index in [4.69, 9.17) is 23.5 Å². The summed E-state index contributed by atoms with van der Waals surface area (Å²) < 4.78 is 60.9. The van der Waals surface area contributed by atoms with E-state index in [1.807, 2.05) is 17.5 Å². The highest BCUT2D eigenvalue weighted by Gasteiger charge is 2.38. The van der Waals surface area contributed by atoms with E-state index in [-0.39, 0.29) is 124 Å². The number of fused-ring (bicyclic) bond motifs is 2. The van der Waals surface area contributed by atoms with Crippen molar-refractivity contribution in [3.63, 3.8) is 0 Å². The number of halogens is 3. The molecule has 0 unspecified atom stereocenters. The van der Waals surface area contributed by atoms with Crippen molar-refractivity contribution in [2.75, 3.05) is 92.9 Å². The third-order valence-electron chi connectivity index (χ3n) is 13.9. The Bertz CT molecular complexity index is 2630. The molecule has 18 nitrogen and oxygen atoms in total. The van der Waals surface area contributed by atoms with Gasteiger partial charge in [0.2, 0.25) is 11.8 Å². The number of aromatic nitrogens is 3. The number of hydrogen-bond acceptors (Lipinski definition) is 14. The average molecular weight is 1040 g/mol. The Hall–Kier alpha value is -5.45. The number of likely N-dealkylation sites (N-methyl/N-ethyl adjacent to an activating group) is 2. The van der Waals surface area contributed by atoms with Crippen LogP contribution >= 0.6 is 23.7 Å². The first-order valence-corrected chi connectivity index (χ1v) is 25.5. The topological polar surface area (TPSA) is 186 Å². The lowest BCUT2D eigenvalue weighted by atomic mass is 9.83. The van der Waals surface area contributed by atoms with Gasteiger partial charge < -0.3 is 53.4 Å². The van der Waals surface area contributed by atoms with E-state index in [0.29, 0.717) is 18.2 Å². The molecule has 72 heavy (non-hydrogen) atoms. The molecular weight excluding hydrogens is 976 g/mol. The summed E-state index contributed by atoms with van der Waals surface area (Å²) >= 11 is 1.64.